The minimum atomic E-state index is -0.219. The highest BCUT2D eigenvalue weighted by Gasteiger charge is 2.05. The minimum Gasteiger partial charge on any atom is -0.508 e. The Hall–Kier alpha value is -1.77. The molecular weight excluding hydrogens is 190 g/mol. The Morgan fingerprint density at radius 1 is 1.33 bits per heavy atom. The van der Waals surface area contributed by atoms with Gasteiger partial charge in [0, 0.05) is 11.6 Å². The van der Waals surface area contributed by atoms with E-state index in [-0.39, 0.29) is 11.3 Å². The highest BCUT2D eigenvalue weighted by Crippen LogP contribution is 2.17. The number of rotatable bonds is 2. The van der Waals surface area contributed by atoms with Crippen molar-refractivity contribution in [2.45, 2.75) is 20.8 Å². The second-order valence-corrected chi connectivity index (χ2v) is 2.84. The molecule has 0 saturated heterocycles. The van der Waals surface area contributed by atoms with E-state index in [0.717, 1.165) is 0 Å². The molecule has 2 N–H and O–H groups in total. The molecule has 1 heterocycles. The second kappa shape index (κ2) is 5.86. The fraction of sp³-hybridized carbons (Fsp3) is 0.250. The van der Waals surface area contributed by atoms with Crippen molar-refractivity contribution in [1.82, 2.24) is 4.98 Å². The highest BCUT2D eigenvalue weighted by atomic mass is 16.3. The number of hydrogen-bond acceptors (Lipinski definition) is 2. The third-order valence-electron chi connectivity index (χ3n) is 1.66. The molecule has 0 aliphatic rings. The lowest BCUT2D eigenvalue weighted by atomic mass is 10.1. The Kier molecular flexibility index (Phi) is 5.16. The molecule has 0 spiro atoms. The van der Waals surface area contributed by atoms with Crippen molar-refractivity contribution in [2.24, 2.45) is 0 Å². The van der Waals surface area contributed by atoms with E-state index in [2.05, 4.69) is 18.1 Å². The summed E-state index contributed by atoms with van der Waals surface area (Å²) in [6.07, 6.45) is 0. The Morgan fingerprint density at radius 3 is 2.27 bits per heavy atom. The molecule has 0 unspecified atom stereocenters. The number of aromatic nitrogens is 1. The maximum atomic E-state index is 11.0. The molecule has 1 aromatic heterocycles. The molecule has 0 aliphatic heterocycles. The molecule has 0 aliphatic carbocycles. The van der Waals surface area contributed by atoms with E-state index < -0.39 is 0 Å². The summed E-state index contributed by atoms with van der Waals surface area (Å²) in [5.41, 5.74) is 1.50. The maximum absolute atomic E-state index is 11.0. The van der Waals surface area contributed by atoms with Crippen LogP contribution in [0.25, 0.3) is 11.3 Å². The summed E-state index contributed by atoms with van der Waals surface area (Å²) in [6, 6.07) is 2.86. The van der Waals surface area contributed by atoms with Crippen molar-refractivity contribution >= 4 is 11.3 Å². The summed E-state index contributed by atoms with van der Waals surface area (Å²) >= 11 is 0. The van der Waals surface area contributed by atoms with Crippen LogP contribution in [0.1, 0.15) is 32.0 Å². The van der Waals surface area contributed by atoms with E-state index in [1.165, 1.54) is 12.1 Å². The van der Waals surface area contributed by atoms with E-state index in [1.54, 1.807) is 6.92 Å². The molecule has 0 bridgehead atoms. The van der Waals surface area contributed by atoms with E-state index >= 15 is 0 Å². The molecular formula is C12H17NO2. The molecule has 0 aromatic carbocycles. The van der Waals surface area contributed by atoms with Gasteiger partial charge < -0.3 is 10.1 Å². The van der Waals surface area contributed by atoms with Crippen LogP contribution in [-0.4, -0.2) is 10.1 Å². The van der Waals surface area contributed by atoms with Gasteiger partial charge in [-0.3, -0.25) is 4.79 Å². The number of H-pyrrole nitrogens is 1. The average Bonchev–Trinajstić information content (AvgIpc) is 2.20. The fourth-order valence-corrected chi connectivity index (χ4v) is 1.05. The van der Waals surface area contributed by atoms with Crippen molar-refractivity contribution in [1.29, 1.82) is 0 Å². The number of aromatic amines is 1. The van der Waals surface area contributed by atoms with Crippen molar-refractivity contribution < 1.29 is 5.11 Å². The van der Waals surface area contributed by atoms with Crippen molar-refractivity contribution in [2.75, 3.05) is 0 Å². The predicted octanol–water partition coefficient (Wildman–Crippen LogP) is 2.96. The summed E-state index contributed by atoms with van der Waals surface area (Å²) in [4.78, 5) is 13.5. The number of nitrogens with one attached hydrogen (secondary N) is 1. The van der Waals surface area contributed by atoms with Gasteiger partial charge in [-0.15, -0.1) is 0 Å². The smallest absolute Gasteiger partial charge is 0.248 e. The Morgan fingerprint density at radius 2 is 1.87 bits per heavy atom. The Labute approximate surface area is 89.8 Å². The lowest BCUT2D eigenvalue weighted by Crippen LogP contribution is -2.08. The van der Waals surface area contributed by atoms with Gasteiger partial charge in [-0.1, -0.05) is 27.0 Å². The molecule has 82 valence electrons. The average molecular weight is 207 g/mol. The summed E-state index contributed by atoms with van der Waals surface area (Å²) in [7, 11) is 0. The molecule has 0 saturated carbocycles. The SMILES string of the molecule is C=C(O)c1ccc(=O)[nH]c1C(=C)C.CC. The summed E-state index contributed by atoms with van der Waals surface area (Å²) in [5.74, 6) is -0.0748. The van der Waals surface area contributed by atoms with Crippen molar-refractivity contribution in [3.8, 4) is 0 Å². The van der Waals surface area contributed by atoms with Crippen LogP contribution >= 0.6 is 0 Å². The van der Waals surface area contributed by atoms with Crippen LogP contribution in [0.3, 0.4) is 0 Å². The first-order valence-corrected chi connectivity index (χ1v) is 4.80. The quantitative estimate of drug-likeness (QED) is 0.732. The van der Waals surface area contributed by atoms with Gasteiger partial charge in [0.25, 0.3) is 0 Å². The molecule has 0 radical (unpaired) electrons. The lowest BCUT2D eigenvalue weighted by Gasteiger charge is -2.06. The third kappa shape index (κ3) is 3.46. The predicted molar refractivity (Wildman–Crippen MR) is 64.8 cm³/mol. The Bertz CT molecular complexity index is 416. The van der Waals surface area contributed by atoms with Gasteiger partial charge in [0.2, 0.25) is 5.56 Å². The van der Waals surface area contributed by atoms with Crippen molar-refractivity contribution in [3.63, 3.8) is 0 Å². The molecule has 0 amide bonds. The largest absolute Gasteiger partial charge is 0.508 e. The van der Waals surface area contributed by atoms with Crippen LogP contribution in [0, 0.1) is 0 Å². The standard InChI is InChI=1S/C10H11NO2.C2H6/c1-6(2)10-8(7(3)12)4-5-9(13)11-10;1-2/h4-5,12H,1,3H2,2H3,(H,11,13);1-2H3. The summed E-state index contributed by atoms with van der Waals surface area (Å²) < 4.78 is 0. The Balaban J connectivity index is 0.000000921. The third-order valence-corrected chi connectivity index (χ3v) is 1.66. The number of allylic oxidation sites excluding steroid dienone is 1. The molecule has 1 rings (SSSR count). The van der Waals surface area contributed by atoms with E-state index in [9.17, 15) is 9.90 Å². The van der Waals surface area contributed by atoms with Gasteiger partial charge in [0.05, 0.1) is 5.69 Å². The minimum absolute atomic E-state index is 0.0748. The van der Waals surface area contributed by atoms with Gasteiger partial charge in [0.1, 0.15) is 5.76 Å². The van der Waals surface area contributed by atoms with Crippen LogP contribution in [0.5, 0.6) is 0 Å². The first-order valence-electron chi connectivity index (χ1n) is 4.80. The van der Waals surface area contributed by atoms with Gasteiger partial charge in [-0.25, -0.2) is 0 Å². The molecule has 1 aromatic rings. The first kappa shape index (κ1) is 13.2. The van der Waals surface area contributed by atoms with Crippen LogP contribution in [0.15, 0.2) is 30.1 Å². The van der Waals surface area contributed by atoms with Gasteiger partial charge in [-0.05, 0) is 18.6 Å². The van der Waals surface area contributed by atoms with E-state index in [0.29, 0.717) is 16.8 Å². The summed E-state index contributed by atoms with van der Waals surface area (Å²) in [6.45, 7) is 12.8. The fourth-order valence-electron chi connectivity index (χ4n) is 1.05. The molecule has 15 heavy (non-hydrogen) atoms. The maximum Gasteiger partial charge on any atom is 0.248 e. The van der Waals surface area contributed by atoms with Crippen LogP contribution in [0.4, 0.5) is 0 Å². The van der Waals surface area contributed by atoms with E-state index in [4.69, 9.17) is 0 Å². The van der Waals surface area contributed by atoms with Gasteiger partial charge in [0.15, 0.2) is 0 Å². The molecule has 3 nitrogen and oxygen atoms in total. The molecule has 0 atom stereocenters. The molecule has 3 heteroatoms. The topological polar surface area (TPSA) is 53.1 Å². The first-order chi connectivity index (χ1) is 7.02. The summed E-state index contributed by atoms with van der Waals surface area (Å²) in [5, 5.41) is 9.19. The van der Waals surface area contributed by atoms with Crippen molar-refractivity contribution in [3.05, 3.63) is 46.9 Å². The normalized spacial score (nSPS) is 8.73. The van der Waals surface area contributed by atoms with Gasteiger partial charge >= 0.3 is 0 Å². The van der Waals surface area contributed by atoms with Crippen LogP contribution in [0.2, 0.25) is 0 Å². The van der Waals surface area contributed by atoms with Crippen LogP contribution in [-0.2, 0) is 0 Å². The number of pyridine rings is 1. The number of aliphatic hydroxyl groups excluding tert-OH is 1. The zero-order chi connectivity index (χ0) is 12.0. The van der Waals surface area contributed by atoms with Gasteiger partial charge in [-0.2, -0.15) is 0 Å². The number of aliphatic hydroxyl groups is 1. The highest BCUT2D eigenvalue weighted by molar-refractivity contribution is 5.71. The second-order valence-electron chi connectivity index (χ2n) is 2.84. The van der Waals surface area contributed by atoms with E-state index in [1.807, 2.05) is 13.8 Å². The zero-order valence-corrected chi connectivity index (χ0v) is 9.42. The monoisotopic (exact) mass is 207 g/mol. The molecule has 0 fully saturated rings. The zero-order valence-electron chi connectivity index (χ0n) is 9.42. The number of hydrogen-bond donors (Lipinski definition) is 2. The lowest BCUT2D eigenvalue weighted by molar-refractivity contribution is 0.513. The van der Waals surface area contributed by atoms with Crippen LogP contribution < -0.4 is 5.56 Å².